The molecule has 0 aromatic carbocycles. The molecule has 1 fully saturated rings. The van der Waals surface area contributed by atoms with E-state index in [1.807, 2.05) is 4.90 Å². The number of carbonyl (C=O) groups is 2. The number of imide groups is 1. The van der Waals surface area contributed by atoms with Gasteiger partial charge in [-0.3, -0.25) is 9.69 Å². The summed E-state index contributed by atoms with van der Waals surface area (Å²) in [5.74, 6) is -0.983. The molecule has 1 saturated heterocycles. The molecule has 9 heteroatoms. The zero-order valence-electron chi connectivity index (χ0n) is 11.1. The van der Waals surface area contributed by atoms with Gasteiger partial charge in [0, 0.05) is 11.3 Å². The van der Waals surface area contributed by atoms with Gasteiger partial charge >= 0.3 is 12.0 Å². The number of thiazole rings is 1. The van der Waals surface area contributed by atoms with Crippen LogP contribution in [0.4, 0.5) is 4.79 Å². The molecule has 0 bridgehead atoms. The highest BCUT2D eigenvalue weighted by atomic mass is 32.1. The van der Waals surface area contributed by atoms with Crippen molar-refractivity contribution in [3.05, 3.63) is 16.1 Å². The van der Waals surface area contributed by atoms with Crippen LogP contribution >= 0.6 is 11.3 Å². The van der Waals surface area contributed by atoms with E-state index in [1.54, 1.807) is 0 Å². The molecule has 1 aliphatic rings. The quantitative estimate of drug-likeness (QED) is 0.664. The molecular weight excluding hydrogens is 296 g/mol. The van der Waals surface area contributed by atoms with E-state index in [-0.39, 0.29) is 11.6 Å². The monoisotopic (exact) mass is 309 g/mol. The molecule has 0 atom stereocenters. The third kappa shape index (κ3) is 3.55. The Kier molecular flexibility index (Phi) is 4.85. The van der Waals surface area contributed by atoms with Gasteiger partial charge < -0.3 is 5.11 Å². The number of nitriles is 1. The maximum atomic E-state index is 11.6. The molecule has 111 valence electrons. The summed E-state index contributed by atoms with van der Waals surface area (Å²) >= 11 is 1.25. The summed E-state index contributed by atoms with van der Waals surface area (Å²) in [5.41, 5.74) is -0.133. The van der Waals surface area contributed by atoms with Gasteiger partial charge in [-0.25, -0.2) is 9.78 Å². The highest BCUT2D eigenvalue weighted by Gasteiger charge is 2.27. The molecular formula is C12H13N4O4S. The van der Waals surface area contributed by atoms with E-state index < -0.39 is 17.1 Å². The summed E-state index contributed by atoms with van der Waals surface area (Å²) in [6.07, 6.45) is -0.203. The van der Waals surface area contributed by atoms with Crippen molar-refractivity contribution < 1.29 is 19.9 Å². The van der Waals surface area contributed by atoms with E-state index in [4.69, 9.17) is 10.4 Å². The zero-order chi connectivity index (χ0) is 15.4. The lowest BCUT2D eigenvalue weighted by molar-refractivity contribution is -0.0929. The van der Waals surface area contributed by atoms with Crippen LogP contribution in [0.25, 0.3) is 0 Å². The molecule has 0 aliphatic carbocycles. The number of hydroxylamine groups is 2. The van der Waals surface area contributed by atoms with Crippen LogP contribution in [0, 0.1) is 11.3 Å². The third-order valence-electron chi connectivity index (χ3n) is 3.33. The summed E-state index contributed by atoms with van der Waals surface area (Å²) in [4.78, 5) is 28.1. The van der Waals surface area contributed by atoms with Crippen LogP contribution in [-0.2, 0) is 5.21 Å². The standard InChI is InChI=1S/C12H13N4O4S/c13-3-6-15-4-1-8(2-5-15)10-14-9(7-21-10)11(17)16(20)12(18)19/h7-8H,1-2,4-6H2,(H,18,19). The lowest BCUT2D eigenvalue weighted by atomic mass is 9.97. The van der Waals surface area contributed by atoms with Crippen molar-refractivity contribution in [3.8, 4) is 6.07 Å². The van der Waals surface area contributed by atoms with Crippen LogP contribution in [0.1, 0.15) is 34.3 Å². The minimum Gasteiger partial charge on any atom is -0.463 e. The summed E-state index contributed by atoms with van der Waals surface area (Å²) in [6.45, 7) is 1.96. The summed E-state index contributed by atoms with van der Waals surface area (Å²) in [7, 11) is 0. The Morgan fingerprint density at radius 1 is 1.52 bits per heavy atom. The van der Waals surface area contributed by atoms with Crippen LogP contribution in [0.2, 0.25) is 0 Å². The van der Waals surface area contributed by atoms with E-state index in [2.05, 4.69) is 11.1 Å². The van der Waals surface area contributed by atoms with Gasteiger partial charge in [-0.1, -0.05) is 10.3 Å². The molecule has 1 N–H and O–H groups in total. The molecule has 2 rings (SSSR count). The largest absolute Gasteiger partial charge is 0.463 e. The highest BCUT2D eigenvalue weighted by Crippen LogP contribution is 2.30. The summed E-state index contributed by atoms with van der Waals surface area (Å²) in [5, 5.41) is 29.7. The van der Waals surface area contributed by atoms with E-state index in [1.165, 1.54) is 16.7 Å². The maximum Gasteiger partial charge on any atom is 0.441 e. The van der Waals surface area contributed by atoms with Gasteiger partial charge in [0.25, 0.3) is 0 Å². The molecule has 1 aromatic heterocycles. The predicted octanol–water partition coefficient (Wildman–Crippen LogP) is 1.31. The maximum absolute atomic E-state index is 11.6. The van der Waals surface area contributed by atoms with Crippen molar-refractivity contribution >= 4 is 23.3 Å². The van der Waals surface area contributed by atoms with Crippen molar-refractivity contribution in [1.29, 1.82) is 5.26 Å². The number of amides is 2. The predicted molar refractivity (Wildman–Crippen MR) is 71.0 cm³/mol. The van der Waals surface area contributed by atoms with Crippen molar-refractivity contribution in [2.45, 2.75) is 18.8 Å². The Morgan fingerprint density at radius 3 is 2.76 bits per heavy atom. The number of carboxylic acid groups (broad SMARTS) is 1. The van der Waals surface area contributed by atoms with Gasteiger partial charge in [0.1, 0.15) is 5.69 Å². The lowest BCUT2D eigenvalue weighted by Crippen LogP contribution is -2.33. The molecule has 0 spiro atoms. The van der Waals surface area contributed by atoms with Crippen LogP contribution < -0.4 is 0 Å². The Morgan fingerprint density at radius 2 is 2.19 bits per heavy atom. The third-order valence-corrected chi connectivity index (χ3v) is 4.34. The molecule has 0 saturated carbocycles. The fourth-order valence-corrected chi connectivity index (χ4v) is 3.17. The minimum atomic E-state index is -1.85. The number of piperidine rings is 1. The van der Waals surface area contributed by atoms with E-state index in [0.717, 1.165) is 30.9 Å². The van der Waals surface area contributed by atoms with Gasteiger partial charge in [-0.15, -0.1) is 11.3 Å². The first-order valence-corrected chi connectivity index (χ1v) is 7.20. The van der Waals surface area contributed by atoms with Crippen molar-refractivity contribution in [3.63, 3.8) is 0 Å². The smallest absolute Gasteiger partial charge is 0.441 e. The number of aromatic nitrogens is 1. The fourth-order valence-electron chi connectivity index (χ4n) is 2.20. The van der Waals surface area contributed by atoms with Crippen LogP contribution in [-0.4, -0.2) is 51.7 Å². The van der Waals surface area contributed by atoms with Gasteiger partial charge in [0.2, 0.25) is 0 Å². The van der Waals surface area contributed by atoms with Crippen LogP contribution in [0.3, 0.4) is 0 Å². The Balaban J connectivity index is 2.00. The minimum absolute atomic E-state index is 0.133. The van der Waals surface area contributed by atoms with Crippen LogP contribution in [0.15, 0.2) is 5.38 Å². The Labute approximate surface area is 124 Å². The van der Waals surface area contributed by atoms with Gasteiger partial charge in [0.15, 0.2) is 0 Å². The van der Waals surface area contributed by atoms with E-state index in [9.17, 15) is 14.8 Å². The fraction of sp³-hybridized carbons (Fsp3) is 0.500. The van der Waals surface area contributed by atoms with E-state index in [0.29, 0.717) is 6.54 Å². The summed E-state index contributed by atoms with van der Waals surface area (Å²) < 4.78 is 0. The summed E-state index contributed by atoms with van der Waals surface area (Å²) in [6, 6.07) is 2.11. The Bertz CT molecular complexity index is 574. The molecule has 2 heterocycles. The first kappa shape index (κ1) is 15.4. The first-order chi connectivity index (χ1) is 10.0. The average Bonchev–Trinajstić information content (AvgIpc) is 2.96. The van der Waals surface area contributed by atoms with Gasteiger partial charge in [0.05, 0.1) is 17.6 Å². The number of nitrogens with zero attached hydrogens (tertiary/aromatic N) is 4. The molecule has 1 aromatic rings. The zero-order valence-corrected chi connectivity index (χ0v) is 11.9. The second-order valence-electron chi connectivity index (χ2n) is 4.66. The highest BCUT2D eigenvalue weighted by molar-refractivity contribution is 7.09. The normalized spacial score (nSPS) is 16.4. The molecule has 21 heavy (non-hydrogen) atoms. The molecule has 1 aliphatic heterocycles. The lowest BCUT2D eigenvalue weighted by Gasteiger charge is -2.28. The number of hydrogen-bond donors (Lipinski definition) is 1. The molecule has 8 nitrogen and oxygen atoms in total. The number of rotatable bonds is 3. The second kappa shape index (κ2) is 6.62. The molecule has 0 unspecified atom stereocenters. The molecule has 2 amide bonds. The van der Waals surface area contributed by atoms with Gasteiger partial charge in [-0.2, -0.15) is 5.26 Å². The van der Waals surface area contributed by atoms with Gasteiger partial charge in [-0.05, 0) is 25.9 Å². The number of likely N-dealkylation sites (tertiary alicyclic amines) is 1. The average molecular weight is 309 g/mol. The molecule has 1 radical (unpaired) electrons. The van der Waals surface area contributed by atoms with E-state index >= 15 is 0 Å². The topological polar surface area (TPSA) is 117 Å². The number of hydrogen-bond acceptors (Lipinski definition) is 6. The Hall–Kier alpha value is -2.02. The SMILES string of the molecule is N#CCN1CCC(c2nc(C(=O)N([O])C(=O)O)cs2)CC1. The van der Waals surface area contributed by atoms with Crippen molar-refractivity contribution in [2.75, 3.05) is 19.6 Å². The van der Waals surface area contributed by atoms with Crippen molar-refractivity contribution in [1.82, 2.24) is 14.9 Å². The first-order valence-electron chi connectivity index (χ1n) is 6.32. The van der Waals surface area contributed by atoms with Crippen LogP contribution in [0.5, 0.6) is 0 Å². The second-order valence-corrected chi connectivity index (χ2v) is 5.55. The number of carbonyl (C=O) groups excluding carboxylic acids is 1. The van der Waals surface area contributed by atoms with Crippen molar-refractivity contribution in [2.24, 2.45) is 0 Å².